The van der Waals surface area contributed by atoms with E-state index in [0.717, 1.165) is 11.1 Å². The molecule has 0 saturated carbocycles. The van der Waals surface area contributed by atoms with Crippen LogP contribution in [0.4, 0.5) is 0 Å². The molecule has 1 aliphatic heterocycles. The summed E-state index contributed by atoms with van der Waals surface area (Å²) in [6, 6.07) is 12.1. The summed E-state index contributed by atoms with van der Waals surface area (Å²) < 4.78 is 23.7. The van der Waals surface area contributed by atoms with Gasteiger partial charge >= 0.3 is 5.97 Å². The molecule has 0 saturated heterocycles. The Morgan fingerprint density at radius 1 is 1.06 bits per heavy atom. The number of methoxy groups -OCH3 is 2. The first-order chi connectivity index (χ1) is 17.4. The maximum absolute atomic E-state index is 13.7. The number of rotatable bonds is 8. The lowest BCUT2D eigenvalue weighted by molar-refractivity contribution is -0.139. The zero-order valence-electron chi connectivity index (χ0n) is 20.9. The zero-order chi connectivity index (χ0) is 25.8. The van der Waals surface area contributed by atoms with Gasteiger partial charge in [0.1, 0.15) is 5.75 Å². The average Bonchev–Trinajstić information content (AvgIpc) is 3.18. The molecule has 0 spiro atoms. The van der Waals surface area contributed by atoms with Crippen LogP contribution in [0, 0.1) is 0 Å². The fourth-order valence-electron chi connectivity index (χ4n) is 4.09. The summed E-state index contributed by atoms with van der Waals surface area (Å²) in [7, 11) is 3.16. The van der Waals surface area contributed by atoms with Gasteiger partial charge in [0.15, 0.2) is 16.3 Å². The quantitative estimate of drug-likeness (QED) is 0.434. The summed E-state index contributed by atoms with van der Waals surface area (Å²) in [6.07, 6.45) is 1.79. The van der Waals surface area contributed by atoms with E-state index in [2.05, 4.69) is 4.99 Å². The number of nitrogens with zero attached hydrogens (tertiary/aromatic N) is 2. The molecule has 3 aromatic rings. The van der Waals surface area contributed by atoms with Crippen molar-refractivity contribution >= 4 is 23.4 Å². The molecule has 0 N–H and O–H groups in total. The van der Waals surface area contributed by atoms with E-state index in [0.29, 0.717) is 44.5 Å². The van der Waals surface area contributed by atoms with Crippen LogP contribution in [-0.4, -0.2) is 38.0 Å². The Labute approximate surface area is 212 Å². The van der Waals surface area contributed by atoms with Crippen molar-refractivity contribution in [3.8, 4) is 17.2 Å². The van der Waals surface area contributed by atoms with Gasteiger partial charge in [-0.05, 0) is 62.2 Å². The maximum Gasteiger partial charge on any atom is 0.338 e. The molecule has 0 unspecified atom stereocenters. The molecule has 4 rings (SSSR count). The minimum Gasteiger partial charge on any atom is -0.497 e. The van der Waals surface area contributed by atoms with Gasteiger partial charge < -0.3 is 18.9 Å². The fraction of sp³-hybridized carbons (Fsp3) is 0.296. The lowest BCUT2D eigenvalue weighted by Gasteiger charge is -2.24. The van der Waals surface area contributed by atoms with Gasteiger partial charge in [0.25, 0.3) is 5.56 Å². The molecule has 9 heteroatoms. The number of carbonyl (C=O) groups is 1. The third-order valence-electron chi connectivity index (χ3n) is 5.73. The van der Waals surface area contributed by atoms with E-state index in [9.17, 15) is 9.59 Å². The highest BCUT2D eigenvalue weighted by molar-refractivity contribution is 7.07. The summed E-state index contributed by atoms with van der Waals surface area (Å²) in [5.74, 6) is 1.39. The van der Waals surface area contributed by atoms with E-state index in [-0.39, 0.29) is 12.2 Å². The lowest BCUT2D eigenvalue weighted by Crippen LogP contribution is -2.39. The number of hydrogen-bond acceptors (Lipinski definition) is 8. The molecule has 8 nitrogen and oxygen atoms in total. The monoisotopic (exact) mass is 508 g/mol. The van der Waals surface area contributed by atoms with Gasteiger partial charge in [0.05, 0.1) is 49.3 Å². The first kappa shape index (κ1) is 25.2. The molecular formula is C27H28N2O6S. The van der Waals surface area contributed by atoms with Crippen LogP contribution in [-0.2, 0) is 9.53 Å². The van der Waals surface area contributed by atoms with Gasteiger partial charge in [-0.25, -0.2) is 9.79 Å². The fourth-order valence-corrected chi connectivity index (χ4v) is 5.14. The highest BCUT2D eigenvalue weighted by atomic mass is 32.1. The topological polar surface area (TPSA) is 88.4 Å². The SMILES string of the molecule is CCOC(=O)C1=C(C)N=c2s/c(=C\c3ccc(OCC)c(OC)c3)c(=O)n2[C@@H]1c1ccc(OC)cc1. The van der Waals surface area contributed by atoms with Crippen LogP contribution in [0.3, 0.4) is 0 Å². The van der Waals surface area contributed by atoms with Crippen molar-refractivity contribution in [2.75, 3.05) is 27.4 Å². The summed E-state index contributed by atoms with van der Waals surface area (Å²) in [5, 5.41) is 0. The van der Waals surface area contributed by atoms with Crippen molar-refractivity contribution in [1.29, 1.82) is 0 Å². The smallest absolute Gasteiger partial charge is 0.338 e. The van der Waals surface area contributed by atoms with Crippen LogP contribution in [0.2, 0.25) is 0 Å². The highest BCUT2D eigenvalue weighted by Gasteiger charge is 2.33. The molecule has 0 amide bonds. The molecule has 36 heavy (non-hydrogen) atoms. The van der Waals surface area contributed by atoms with Gasteiger partial charge in [0.2, 0.25) is 0 Å². The first-order valence-corrected chi connectivity index (χ1v) is 12.4. The predicted octanol–water partition coefficient (Wildman–Crippen LogP) is 3.21. The first-order valence-electron chi connectivity index (χ1n) is 11.6. The number of aromatic nitrogens is 1. The van der Waals surface area contributed by atoms with Gasteiger partial charge in [-0.3, -0.25) is 9.36 Å². The normalized spacial score (nSPS) is 15.2. The molecule has 2 heterocycles. The molecule has 1 aromatic heterocycles. The molecule has 0 radical (unpaired) electrons. The third-order valence-corrected chi connectivity index (χ3v) is 6.72. The molecule has 1 atom stereocenters. The Balaban J connectivity index is 1.89. The van der Waals surface area contributed by atoms with E-state index < -0.39 is 12.0 Å². The molecule has 2 aromatic carbocycles. The van der Waals surface area contributed by atoms with Crippen LogP contribution >= 0.6 is 11.3 Å². The second-order valence-electron chi connectivity index (χ2n) is 7.92. The molecule has 0 fully saturated rings. The lowest BCUT2D eigenvalue weighted by atomic mass is 9.96. The molecule has 188 valence electrons. The van der Waals surface area contributed by atoms with E-state index in [1.807, 2.05) is 37.3 Å². The van der Waals surface area contributed by atoms with Crippen molar-refractivity contribution in [1.82, 2.24) is 4.57 Å². The molecule has 0 bridgehead atoms. The third kappa shape index (κ3) is 4.79. The number of hydrogen-bond donors (Lipinski definition) is 0. The largest absolute Gasteiger partial charge is 0.497 e. The van der Waals surface area contributed by atoms with Gasteiger partial charge in [-0.1, -0.05) is 29.5 Å². The average molecular weight is 509 g/mol. The molecular weight excluding hydrogens is 480 g/mol. The Bertz CT molecular complexity index is 1480. The Morgan fingerprint density at radius 3 is 2.44 bits per heavy atom. The number of ether oxygens (including phenoxy) is 4. The van der Waals surface area contributed by atoms with Crippen LogP contribution in [0.15, 0.2) is 63.5 Å². The van der Waals surface area contributed by atoms with E-state index in [1.165, 1.54) is 11.3 Å². The van der Waals surface area contributed by atoms with E-state index >= 15 is 0 Å². The summed E-state index contributed by atoms with van der Waals surface area (Å²) in [4.78, 5) is 31.8. The van der Waals surface area contributed by atoms with Crippen molar-refractivity contribution in [3.05, 3.63) is 84.5 Å². The second-order valence-corrected chi connectivity index (χ2v) is 8.93. The highest BCUT2D eigenvalue weighted by Crippen LogP contribution is 2.32. The number of carbonyl (C=O) groups excluding carboxylic acids is 1. The van der Waals surface area contributed by atoms with E-state index in [1.54, 1.807) is 50.8 Å². The van der Waals surface area contributed by atoms with Crippen LogP contribution in [0.25, 0.3) is 6.08 Å². The number of benzene rings is 2. The number of allylic oxidation sites excluding steroid dienone is 1. The Morgan fingerprint density at radius 2 is 1.81 bits per heavy atom. The standard InChI is InChI=1S/C27H28N2O6S/c1-6-34-20-13-8-17(14-21(20)33-5)15-22-25(30)29-24(18-9-11-19(32-4)12-10-18)23(26(31)35-7-2)16(3)28-27(29)36-22/h8-15,24H,6-7H2,1-5H3/b22-15-/t24-/m1/s1. The van der Waals surface area contributed by atoms with Gasteiger partial charge in [-0.15, -0.1) is 0 Å². The summed E-state index contributed by atoms with van der Waals surface area (Å²) in [5.41, 5.74) is 2.14. The van der Waals surface area contributed by atoms with Crippen molar-refractivity contribution in [2.24, 2.45) is 4.99 Å². The van der Waals surface area contributed by atoms with Crippen molar-refractivity contribution in [3.63, 3.8) is 0 Å². The van der Waals surface area contributed by atoms with E-state index in [4.69, 9.17) is 18.9 Å². The van der Waals surface area contributed by atoms with Crippen molar-refractivity contribution < 1.29 is 23.7 Å². The maximum atomic E-state index is 13.7. The number of thiazole rings is 1. The second kappa shape index (κ2) is 10.8. The predicted molar refractivity (Wildman–Crippen MR) is 138 cm³/mol. The molecule has 1 aliphatic rings. The minimum absolute atomic E-state index is 0.217. The van der Waals surface area contributed by atoms with Crippen LogP contribution in [0.1, 0.15) is 37.9 Å². The summed E-state index contributed by atoms with van der Waals surface area (Å²) in [6.45, 7) is 6.14. The number of fused-ring (bicyclic) bond motifs is 1. The van der Waals surface area contributed by atoms with Gasteiger partial charge in [-0.2, -0.15) is 0 Å². The number of esters is 1. The Hall–Kier alpha value is -3.85. The van der Waals surface area contributed by atoms with Gasteiger partial charge in [0, 0.05) is 0 Å². The van der Waals surface area contributed by atoms with Crippen LogP contribution in [0.5, 0.6) is 17.2 Å². The minimum atomic E-state index is -0.678. The Kier molecular flexibility index (Phi) is 7.59. The van der Waals surface area contributed by atoms with Crippen LogP contribution < -0.4 is 29.1 Å². The summed E-state index contributed by atoms with van der Waals surface area (Å²) >= 11 is 1.27. The van der Waals surface area contributed by atoms with Crippen molar-refractivity contribution in [2.45, 2.75) is 26.8 Å². The zero-order valence-corrected chi connectivity index (χ0v) is 21.7. The molecule has 0 aliphatic carbocycles.